The Morgan fingerprint density at radius 3 is 2.80 bits per heavy atom. The Morgan fingerprint density at radius 1 is 1.20 bits per heavy atom. The molecule has 1 N–H and O–H groups in total. The first-order chi connectivity index (χ1) is 7.31. The van der Waals surface area contributed by atoms with Gasteiger partial charge in [0, 0.05) is 25.0 Å². The maximum Gasteiger partial charge on any atom is 0.222 e. The quantitative estimate of drug-likeness (QED) is 0.789. The van der Waals surface area contributed by atoms with Crippen LogP contribution in [0.5, 0.6) is 0 Å². The summed E-state index contributed by atoms with van der Waals surface area (Å²) in [5, 5.41) is 3.31. The van der Waals surface area contributed by atoms with Gasteiger partial charge < -0.3 is 5.32 Å². The summed E-state index contributed by atoms with van der Waals surface area (Å²) in [4.78, 5) is 12.3. The maximum absolute atomic E-state index is 5.96. The molecule has 15 heavy (non-hydrogen) atoms. The van der Waals surface area contributed by atoms with Gasteiger partial charge in [0.05, 0.1) is 5.69 Å². The fourth-order valence-electron chi connectivity index (χ4n) is 1.21. The fraction of sp³-hybridized carbons (Fsp3) is 0.100. The molecule has 0 bridgehead atoms. The molecule has 2 aromatic heterocycles. The van der Waals surface area contributed by atoms with Crippen molar-refractivity contribution in [2.45, 2.75) is 0 Å². The van der Waals surface area contributed by atoms with Gasteiger partial charge in [-0.15, -0.1) is 0 Å². The molecule has 76 valence electrons. The van der Waals surface area contributed by atoms with E-state index in [2.05, 4.69) is 20.3 Å². The van der Waals surface area contributed by atoms with E-state index in [1.807, 2.05) is 12.1 Å². The summed E-state index contributed by atoms with van der Waals surface area (Å²) in [6.45, 7) is 0. The predicted octanol–water partition coefficient (Wildman–Crippen LogP) is 2.23. The van der Waals surface area contributed by atoms with Gasteiger partial charge >= 0.3 is 0 Å². The lowest BCUT2D eigenvalue weighted by atomic mass is 10.2. The number of aromatic nitrogens is 3. The van der Waals surface area contributed by atoms with Gasteiger partial charge in [-0.2, -0.15) is 0 Å². The molecule has 4 nitrogen and oxygen atoms in total. The van der Waals surface area contributed by atoms with E-state index in [-0.39, 0.29) is 0 Å². The predicted molar refractivity (Wildman–Crippen MR) is 59.8 cm³/mol. The molecule has 0 fully saturated rings. The monoisotopic (exact) mass is 220 g/mol. The zero-order valence-corrected chi connectivity index (χ0v) is 8.86. The zero-order valence-electron chi connectivity index (χ0n) is 8.11. The molecule has 0 amide bonds. The summed E-state index contributed by atoms with van der Waals surface area (Å²) in [6.07, 6.45) is 3.32. The standard InChI is InChI=1S/C10H9ClN4/c1-12-10-14-6-4-8(15-10)7-3-2-5-13-9(7)11/h2-6H,1H3,(H,12,14,15). The molecule has 0 atom stereocenters. The van der Waals surface area contributed by atoms with Crippen LogP contribution >= 0.6 is 11.6 Å². The summed E-state index contributed by atoms with van der Waals surface area (Å²) in [6, 6.07) is 5.49. The SMILES string of the molecule is CNc1nccc(-c2cccnc2Cl)n1. The van der Waals surface area contributed by atoms with Gasteiger partial charge in [-0.3, -0.25) is 0 Å². The lowest BCUT2D eigenvalue weighted by molar-refractivity contribution is 1.15. The first kappa shape index (κ1) is 9.86. The topological polar surface area (TPSA) is 50.7 Å². The van der Waals surface area contributed by atoms with Crippen LogP contribution in [0.4, 0.5) is 5.95 Å². The lowest BCUT2D eigenvalue weighted by Crippen LogP contribution is -1.97. The Balaban J connectivity index is 2.49. The van der Waals surface area contributed by atoms with E-state index >= 15 is 0 Å². The third kappa shape index (κ3) is 2.05. The highest BCUT2D eigenvalue weighted by molar-refractivity contribution is 6.32. The first-order valence-corrected chi connectivity index (χ1v) is 4.81. The molecular formula is C10H9ClN4. The molecule has 0 aliphatic carbocycles. The summed E-state index contributed by atoms with van der Waals surface area (Å²) >= 11 is 5.96. The second kappa shape index (κ2) is 4.23. The van der Waals surface area contributed by atoms with E-state index in [0.29, 0.717) is 11.1 Å². The lowest BCUT2D eigenvalue weighted by Gasteiger charge is -2.03. The number of hydrogen-bond acceptors (Lipinski definition) is 4. The Kier molecular flexibility index (Phi) is 2.78. The van der Waals surface area contributed by atoms with Crippen molar-refractivity contribution in [1.82, 2.24) is 15.0 Å². The molecule has 2 aromatic rings. The van der Waals surface area contributed by atoms with Gasteiger partial charge in [0.15, 0.2) is 0 Å². The number of nitrogens with one attached hydrogen (secondary N) is 1. The van der Waals surface area contributed by atoms with Crippen molar-refractivity contribution >= 4 is 17.5 Å². The van der Waals surface area contributed by atoms with Crippen LogP contribution in [-0.2, 0) is 0 Å². The second-order valence-corrected chi connectivity index (χ2v) is 3.22. The van der Waals surface area contributed by atoms with Crippen LogP contribution in [0.2, 0.25) is 5.15 Å². The largest absolute Gasteiger partial charge is 0.357 e. The Labute approximate surface area is 92.4 Å². The van der Waals surface area contributed by atoms with Crippen LogP contribution in [0.25, 0.3) is 11.3 Å². The smallest absolute Gasteiger partial charge is 0.222 e. The molecule has 0 aromatic carbocycles. The number of hydrogen-bond donors (Lipinski definition) is 1. The van der Waals surface area contributed by atoms with Crippen LogP contribution in [0.3, 0.4) is 0 Å². The number of halogens is 1. The minimum absolute atomic E-state index is 0.443. The van der Waals surface area contributed by atoms with Crippen molar-refractivity contribution in [3.63, 3.8) is 0 Å². The van der Waals surface area contributed by atoms with Crippen molar-refractivity contribution < 1.29 is 0 Å². The maximum atomic E-state index is 5.96. The van der Waals surface area contributed by atoms with Crippen molar-refractivity contribution in [2.24, 2.45) is 0 Å². The highest BCUT2D eigenvalue weighted by atomic mass is 35.5. The molecule has 0 aliphatic rings. The number of pyridine rings is 1. The van der Waals surface area contributed by atoms with Gasteiger partial charge in [0.1, 0.15) is 5.15 Å². The van der Waals surface area contributed by atoms with Gasteiger partial charge in [-0.05, 0) is 18.2 Å². The molecule has 0 spiro atoms. The first-order valence-electron chi connectivity index (χ1n) is 4.43. The minimum atomic E-state index is 0.443. The van der Waals surface area contributed by atoms with Crippen LogP contribution < -0.4 is 5.32 Å². The summed E-state index contributed by atoms with van der Waals surface area (Å²) in [5.74, 6) is 0.562. The number of rotatable bonds is 2. The molecule has 2 rings (SSSR count). The van der Waals surface area contributed by atoms with Crippen LogP contribution in [-0.4, -0.2) is 22.0 Å². The average molecular weight is 221 g/mol. The fourth-order valence-corrected chi connectivity index (χ4v) is 1.42. The number of nitrogens with zero attached hydrogens (tertiary/aromatic N) is 3. The highest BCUT2D eigenvalue weighted by Crippen LogP contribution is 2.23. The van der Waals surface area contributed by atoms with Crippen molar-refractivity contribution in [3.05, 3.63) is 35.7 Å². The molecule has 0 unspecified atom stereocenters. The average Bonchev–Trinajstić information content (AvgIpc) is 2.30. The van der Waals surface area contributed by atoms with E-state index in [0.717, 1.165) is 11.3 Å². The molecule has 0 saturated heterocycles. The van der Waals surface area contributed by atoms with Crippen LogP contribution in [0.15, 0.2) is 30.6 Å². The normalized spacial score (nSPS) is 10.0. The third-order valence-corrected chi connectivity index (χ3v) is 2.22. The molecule has 0 radical (unpaired) electrons. The van der Waals surface area contributed by atoms with Gasteiger partial charge in [0.2, 0.25) is 5.95 Å². The van der Waals surface area contributed by atoms with E-state index in [1.165, 1.54) is 0 Å². The van der Waals surface area contributed by atoms with Crippen molar-refractivity contribution in [3.8, 4) is 11.3 Å². The van der Waals surface area contributed by atoms with Gasteiger partial charge in [-0.25, -0.2) is 15.0 Å². The molecule has 5 heteroatoms. The zero-order chi connectivity index (χ0) is 10.7. The van der Waals surface area contributed by atoms with E-state index in [4.69, 9.17) is 11.6 Å². The summed E-state index contributed by atoms with van der Waals surface area (Å²) < 4.78 is 0. The number of anilines is 1. The van der Waals surface area contributed by atoms with E-state index in [9.17, 15) is 0 Å². The molecular weight excluding hydrogens is 212 g/mol. The van der Waals surface area contributed by atoms with Crippen LogP contribution in [0, 0.1) is 0 Å². The Bertz CT molecular complexity index is 472. The Morgan fingerprint density at radius 2 is 2.07 bits per heavy atom. The van der Waals surface area contributed by atoms with Crippen molar-refractivity contribution in [2.75, 3.05) is 12.4 Å². The van der Waals surface area contributed by atoms with E-state index < -0.39 is 0 Å². The van der Waals surface area contributed by atoms with Crippen LogP contribution in [0.1, 0.15) is 0 Å². The second-order valence-electron chi connectivity index (χ2n) is 2.86. The Hall–Kier alpha value is -1.68. The van der Waals surface area contributed by atoms with Gasteiger partial charge in [-0.1, -0.05) is 11.6 Å². The van der Waals surface area contributed by atoms with Gasteiger partial charge in [0.25, 0.3) is 0 Å². The molecule has 0 aliphatic heterocycles. The third-order valence-electron chi connectivity index (χ3n) is 1.91. The summed E-state index contributed by atoms with van der Waals surface area (Å²) in [5.41, 5.74) is 1.56. The summed E-state index contributed by atoms with van der Waals surface area (Å²) in [7, 11) is 1.77. The minimum Gasteiger partial charge on any atom is -0.357 e. The van der Waals surface area contributed by atoms with E-state index in [1.54, 1.807) is 25.5 Å². The molecule has 0 saturated carbocycles. The van der Waals surface area contributed by atoms with Crippen molar-refractivity contribution in [1.29, 1.82) is 0 Å². The molecule has 2 heterocycles. The highest BCUT2D eigenvalue weighted by Gasteiger charge is 2.05.